The third-order valence-corrected chi connectivity index (χ3v) is 5.32. The van der Waals surface area contributed by atoms with Crippen molar-refractivity contribution in [2.75, 3.05) is 6.54 Å². The Labute approximate surface area is 182 Å². The molecule has 4 nitrogen and oxygen atoms in total. The van der Waals surface area contributed by atoms with Crippen LogP contribution in [0.3, 0.4) is 0 Å². The van der Waals surface area contributed by atoms with Crippen LogP contribution in [0.5, 0.6) is 0 Å². The Bertz CT molecular complexity index is 1060. The van der Waals surface area contributed by atoms with Gasteiger partial charge in [-0.15, -0.1) is 0 Å². The summed E-state index contributed by atoms with van der Waals surface area (Å²) in [5, 5.41) is 7.62. The molecule has 2 aromatic carbocycles. The van der Waals surface area contributed by atoms with Crippen LogP contribution in [0.4, 0.5) is 8.78 Å². The van der Waals surface area contributed by atoms with Crippen LogP contribution >= 0.6 is 0 Å². The van der Waals surface area contributed by atoms with E-state index in [0.717, 1.165) is 16.8 Å². The number of hydrogen-bond donors (Lipinski definition) is 1. The molecule has 3 aromatic rings. The molecule has 0 spiro atoms. The molecule has 0 bridgehead atoms. The number of aromatic nitrogens is 2. The fourth-order valence-corrected chi connectivity index (χ4v) is 3.25. The van der Waals surface area contributed by atoms with Gasteiger partial charge in [-0.25, -0.2) is 8.78 Å². The molecule has 0 radical (unpaired) electrons. The van der Waals surface area contributed by atoms with Gasteiger partial charge in [0.05, 0.1) is 12.2 Å². The average molecular weight is 426 g/mol. The second-order valence-electron chi connectivity index (χ2n) is 9.53. The average Bonchev–Trinajstić information content (AvgIpc) is 3.12. The molecule has 0 aliphatic heterocycles. The summed E-state index contributed by atoms with van der Waals surface area (Å²) in [6.45, 7) is 10.7. The van der Waals surface area contributed by atoms with Crippen LogP contribution in [0.2, 0.25) is 0 Å². The third-order valence-electron chi connectivity index (χ3n) is 5.32. The van der Waals surface area contributed by atoms with Crippen LogP contribution in [-0.2, 0) is 17.4 Å². The van der Waals surface area contributed by atoms with Gasteiger partial charge in [-0.1, -0.05) is 58.9 Å². The number of carbonyl (C=O) groups excluding carboxylic acids is 1. The lowest BCUT2D eigenvalue weighted by Crippen LogP contribution is -2.37. The van der Waals surface area contributed by atoms with E-state index < -0.39 is 5.41 Å². The second-order valence-corrected chi connectivity index (χ2v) is 9.53. The highest BCUT2D eigenvalue weighted by Crippen LogP contribution is 2.24. The molecule has 0 saturated heterocycles. The summed E-state index contributed by atoms with van der Waals surface area (Å²) in [6, 6.07) is 14.4. The predicted molar refractivity (Wildman–Crippen MR) is 118 cm³/mol. The molecule has 0 aliphatic rings. The van der Waals surface area contributed by atoms with E-state index >= 15 is 0 Å². The summed E-state index contributed by atoms with van der Waals surface area (Å²) in [6.07, 6.45) is 0. The van der Waals surface area contributed by atoms with Crippen molar-refractivity contribution >= 4 is 5.91 Å². The molecule has 0 saturated carbocycles. The zero-order valence-electron chi connectivity index (χ0n) is 18.7. The van der Waals surface area contributed by atoms with Gasteiger partial charge in [0.25, 0.3) is 5.91 Å². The fourth-order valence-electron chi connectivity index (χ4n) is 3.25. The lowest BCUT2D eigenvalue weighted by molar-refractivity contribution is 0.0935. The minimum Gasteiger partial charge on any atom is -0.350 e. The highest BCUT2D eigenvalue weighted by Gasteiger charge is 2.26. The number of halogens is 2. The molecule has 0 aliphatic carbocycles. The molecule has 31 heavy (non-hydrogen) atoms. The Morgan fingerprint density at radius 3 is 2.26 bits per heavy atom. The fraction of sp³-hybridized carbons (Fsp3) is 0.360. The topological polar surface area (TPSA) is 46.9 Å². The van der Waals surface area contributed by atoms with Gasteiger partial charge in [-0.05, 0) is 41.5 Å². The lowest BCUT2D eigenvalue weighted by Gasteiger charge is -2.25. The molecule has 1 amide bonds. The second kappa shape index (κ2) is 8.61. The maximum atomic E-state index is 13.6. The first kappa shape index (κ1) is 22.7. The van der Waals surface area contributed by atoms with Crippen LogP contribution in [0, 0.1) is 11.6 Å². The van der Waals surface area contributed by atoms with Crippen molar-refractivity contribution in [2.45, 2.75) is 52.0 Å². The lowest BCUT2D eigenvalue weighted by atomic mass is 9.84. The van der Waals surface area contributed by atoms with Crippen LogP contribution in [0.15, 0.2) is 54.6 Å². The number of benzene rings is 2. The zero-order valence-corrected chi connectivity index (χ0v) is 18.7. The number of nitrogens with zero attached hydrogens (tertiary/aromatic N) is 2. The summed E-state index contributed by atoms with van der Waals surface area (Å²) in [7, 11) is 0. The first-order valence-corrected chi connectivity index (χ1v) is 10.3. The number of hydrogen-bond acceptors (Lipinski definition) is 2. The van der Waals surface area contributed by atoms with Crippen molar-refractivity contribution in [2.24, 2.45) is 0 Å². The first-order chi connectivity index (χ1) is 14.5. The van der Waals surface area contributed by atoms with Crippen molar-refractivity contribution in [1.82, 2.24) is 15.1 Å². The maximum absolute atomic E-state index is 13.6. The van der Waals surface area contributed by atoms with Crippen molar-refractivity contribution in [3.8, 4) is 0 Å². The Morgan fingerprint density at radius 1 is 0.968 bits per heavy atom. The molecule has 0 atom stereocenters. The van der Waals surface area contributed by atoms with Gasteiger partial charge >= 0.3 is 0 Å². The summed E-state index contributed by atoms with van der Waals surface area (Å²) >= 11 is 0. The molecule has 3 rings (SSSR count). The molecule has 0 unspecified atom stereocenters. The number of amides is 1. The largest absolute Gasteiger partial charge is 0.350 e. The van der Waals surface area contributed by atoms with E-state index in [9.17, 15) is 13.6 Å². The number of nitrogens with one attached hydrogen (secondary N) is 1. The third kappa shape index (κ3) is 5.57. The molecule has 1 N–H and O–H groups in total. The molecule has 164 valence electrons. The van der Waals surface area contributed by atoms with Crippen LogP contribution < -0.4 is 5.32 Å². The Morgan fingerprint density at radius 2 is 1.65 bits per heavy atom. The summed E-state index contributed by atoms with van der Waals surface area (Å²) < 4.78 is 28.5. The van der Waals surface area contributed by atoms with E-state index in [1.807, 2.05) is 40.7 Å². The highest BCUT2D eigenvalue weighted by atomic mass is 19.1. The van der Waals surface area contributed by atoms with Crippen molar-refractivity contribution in [1.29, 1.82) is 0 Å². The normalized spacial score (nSPS) is 12.1. The molecule has 1 aromatic heterocycles. The first-order valence-electron chi connectivity index (χ1n) is 10.3. The van der Waals surface area contributed by atoms with E-state index in [-0.39, 0.29) is 23.0 Å². The summed E-state index contributed by atoms with van der Waals surface area (Å²) in [5.74, 6) is -0.865. The molecular formula is C25H29F2N3O. The van der Waals surface area contributed by atoms with Gasteiger partial charge in [-0.2, -0.15) is 5.10 Å². The summed E-state index contributed by atoms with van der Waals surface area (Å²) in [5.41, 5.74) is 2.20. The zero-order chi connectivity index (χ0) is 22.8. The quantitative estimate of drug-likeness (QED) is 0.589. The van der Waals surface area contributed by atoms with E-state index in [2.05, 4.69) is 10.4 Å². The SMILES string of the molecule is CC(C)(C)c1cc(C(=O)NCC(C)(C)c2cccc(F)c2)n(Cc2ccc(F)cc2)n1. The van der Waals surface area contributed by atoms with E-state index in [1.54, 1.807) is 28.9 Å². The minimum atomic E-state index is -0.452. The van der Waals surface area contributed by atoms with Gasteiger partial charge < -0.3 is 5.32 Å². The monoisotopic (exact) mass is 425 g/mol. The predicted octanol–water partition coefficient (Wildman–Crippen LogP) is 5.21. The van der Waals surface area contributed by atoms with Gasteiger partial charge in [0.2, 0.25) is 0 Å². The number of carbonyl (C=O) groups is 1. The Hall–Kier alpha value is -3.02. The molecular weight excluding hydrogens is 396 g/mol. The van der Waals surface area contributed by atoms with Gasteiger partial charge in [0, 0.05) is 17.4 Å². The summed E-state index contributed by atoms with van der Waals surface area (Å²) in [4.78, 5) is 13.1. The van der Waals surface area contributed by atoms with Crippen LogP contribution in [0.25, 0.3) is 0 Å². The van der Waals surface area contributed by atoms with Gasteiger partial charge in [0.15, 0.2) is 0 Å². The standard InChI is InChI=1S/C25H29F2N3O/c1-24(2,3)22-14-21(30(29-22)15-17-9-11-19(26)12-10-17)23(31)28-16-25(4,5)18-7-6-8-20(27)13-18/h6-14H,15-16H2,1-5H3,(H,28,31). The minimum absolute atomic E-state index is 0.232. The highest BCUT2D eigenvalue weighted by molar-refractivity contribution is 5.92. The van der Waals surface area contributed by atoms with Crippen molar-refractivity contribution < 1.29 is 13.6 Å². The Balaban J connectivity index is 1.83. The van der Waals surface area contributed by atoms with Crippen LogP contribution in [0.1, 0.15) is 61.9 Å². The molecule has 6 heteroatoms. The maximum Gasteiger partial charge on any atom is 0.269 e. The molecule has 0 fully saturated rings. The van der Waals surface area contributed by atoms with Gasteiger partial charge in [-0.3, -0.25) is 9.48 Å². The van der Waals surface area contributed by atoms with Crippen molar-refractivity contribution in [3.05, 3.63) is 88.7 Å². The number of rotatable bonds is 6. The van der Waals surface area contributed by atoms with E-state index in [4.69, 9.17) is 0 Å². The molecule has 1 heterocycles. The Kier molecular flexibility index (Phi) is 6.30. The van der Waals surface area contributed by atoms with E-state index in [1.165, 1.54) is 24.3 Å². The van der Waals surface area contributed by atoms with Gasteiger partial charge in [0.1, 0.15) is 17.3 Å². The van der Waals surface area contributed by atoms with Crippen molar-refractivity contribution in [3.63, 3.8) is 0 Å². The van der Waals surface area contributed by atoms with E-state index in [0.29, 0.717) is 18.8 Å². The smallest absolute Gasteiger partial charge is 0.269 e. The van der Waals surface area contributed by atoms with Crippen LogP contribution in [-0.4, -0.2) is 22.2 Å².